The second kappa shape index (κ2) is 5.74. The smallest absolute Gasteiger partial charge is 0.200 e. The lowest BCUT2D eigenvalue weighted by Crippen LogP contribution is -2.24. The third-order valence-electron chi connectivity index (χ3n) is 3.29. The molecule has 108 valence electrons. The molecule has 2 aromatic carbocycles. The second-order valence-corrected chi connectivity index (χ2v) is 5.14. The Hall–Kier alpha value is -2.07. The van der Waals surface area contributed by atoms with Crippen molar-refractivity contribution in [1.29, 1.82) is 0 Å². The van der Waals surface area contributed by atoms with Crippen LogP contribution in [0.4, 0.5) is 0 Å². The van der Waals surface area contributed by atoms with Crippen LogP contribution in [0.5, 0.6) is 5.75 Å². The zero-order valence-corrected chi connectivity index (χ0v) is 12.8. The molecule has 0 saturated carbocycles. The number of hydrogen-bond donors (Lipinski definition) is 0. The molecule has 0 N–H and O–H groups in total. The van der Waals surface area contributed by atoms with Gasteiger partial charge in [-0.15, -0.1) is 0 Å². The largest absolute Gasteiger partial charge is 0.484 e. The van der Waals surface area contributed by atoms with Crippen molar-refractivity contribution in [3.05, 3.63) is 42.5 Å². The van der Waals surface area contributed by atoms with Gasteiger partial charge < -0.3 is 13.9 Å². The third kappa shape index (κ3) is 2.59. The van der Waals surface area contributed by atoms with Crippen LogP contribution in [0.15, 0.2) is 46.9 Å². The lowest BCUT2D eigenvalue weighted by Gasteiger charge is -2.16. The van der Waals surface area contributed by atoms with Crippen LogP contribution in [0.3, 0.4) is 0 Å². The van der Waals surface area contributed by atoms with Crippen LogP contribution in [0.25, 0.3) is 21.9 Å². The highest BCUT2D eigenvalue weighted by Crippen LogP contribution is 2.35. The van der Waals surface area contributed by atoms with Crippen LogP contribution in [0, 0.1) is 0 Å². The van der Waals surface area contributed by atoms with E-state index in [1.54, 1.807) is 0 Å². The van der Waals surface area contributed by atoms with Crippen molar-refractivity contribution in [1.82, 2.24) is 0 Å². The number of thiocarbonyl (C=S) groups is 1. The molecule has 3 rings (SSSR count). The fourth-order valence-electron chi connectivity index (χ4n) is 2.34. The van der Waals surface area contributed by atoms with E-state index in [-0.39, 0.29) is 6.10 Å². The van der Waals surface area contributed by atoms with E-state index in [2.05, 4.69) is 0 Å². The first-order valence-corrected chi connectivity index (χ1v) is 7.35. The maximum absolute atomic E-state index is 5.98. The Balaban J connectivity index is 2.04. The minimum atomic E-state index is -0.292. The van der Waals surface area contributed by atoms with E-state index in [4.69, 9.17) is 26.1 Å². The lowest BCUT2D eigenvalue weighted by molar-refractivity contribution is 0.232. The van der Waals surface area contributed by atoms with Gasteiger partial charge >= 0.3 is 0 Å². The Morgan fingerprint density at radius 1 is 1.14 bits per heavy atom. The number of ether oxygens (including phenoxy) is 2. The van der Waals surface area contributed by atoms with E-state index in [0.717, 1.165) is 27.7 Å². The Bertz CT molecular complexity index is 791. The standard InChI is InChI=1S/C17H16O3S/c1-3-18-17(21)11(2)19-14-9-6-10-15-16(14)12-7-4-5-8-13(12)20-15/h4-11H,3H2,1-2H3. The van der Waals surface area contributed by atoms with Crippen molar-refractivity contribution in [2.45, 2.75) is 20.0 Å². The van der Waals surface area contributed by atoms with Gasteiger partial charge in [-0.05, 0) is 44.3 Å². The molecule has 0 amide bonds. The molecule has 0 spiro atoms. The molecule has 21 heavy (non-hydrogen) atoms. The van der Waals surface area contributed by atoms with E-state index in [0.29, 0.717) is 11.7 Å². The molecule has 3 nitrogen and oxygen atoms in total. The highest BCUT2D eigenvalue weighted by atomic mass is 32.1. The van der Waals surface area contributed by atoms with Crippen molar-refractivity contribution in [3.8, 4) is 5.75 Å². The summed E-state index contributed by atoms with van der Waals surface area (Å²) in [6, 6.07) is 13.7. The van der Waals surface area contributed by atoms with Gasteiger partial charge in [0.15, 0.2) is 6.10 Å². The summed E-state index contributed by atoms with van der Waals surface area (Å²) in [5.74, 6) is 0.756. The first kappa shape index (κ1) is 13.9. The SMILES string of the molecule is CCOC(=S)C(C)Oc1cccc2oc3ccccc3c12. The number of furan rings is 1. The van der Waals surface area contributed by atoms with Crippen LogP contribution >= 0.6 is 12.2 Å². The van der Waals surface area contributed by atoms with Crippen LogP contribution in [0.2, 0.25) is 0 Å². The van der Waals surface area contributed by atoms with E-state index >= 15 is 0 Å². The zero-order valence-electron chi connectivity index (χ0n) is 12.0. The number of benzene rings is 2. The summed E-state index contributed by atoms with van der Waals surface area (Å²) in [7, 11) is 0. The number of fused-ring (bicyclic) bond motifs is 3. The first-order valence-electron chi connectivity index (χ1n) is 6.94. The molecule has 0 saturated heterocycles. The van der Waals surface area contributed by atoms with Crippen LogP contribution in [-0.4, -0.2) is 17.8 Å². The monoisotopic (exact) mass is 300 g/mol. The summed E-state index contributed by atoms with van der Waals surface area (Å²) in [5.41, 5.74) is 1.66. The molecule has 4 heteroatoms. The van der Waals surface area contributed by atoms with Gasteiger partial charge in [-0.3, -0.25) is 0 Å². The summed E-state index contributed by atoms with van der Waals surface area (Å²) in [5, 5.41) is 2.47. The number of hydrogen-bond acceptors (Lipinski definition) is 4. The maximum atomic E-state index is 5.98. The summed E-state index contributed by atoms with van der Waals surface area (Å²) in [6.45, 7) is 4.34. The summed E-state index contributed by atoms with van der Waals surface area (Å²) in [6.07, 6.45) is -0.292. The van der Waals surface area contributed by atoms with E-state index < -0.39 is 0 Å². The molecule has 0 aliphatic carbocycles. The maximum Gasteiger partial charge on any atom is 0.200 e. The minimum absolute atomic E-state index is 0.292. The van der Waals surface area contributed by atoms with Crippen LogP contribution in [0.1, 0.15) is 13.8 Å². The first-order chi connectivity index (χ1) is 10.2. The highest BCUT2D eigenvalue weighted by molar-refractivity contribution is 7.80. The van der Waals surface area contributed by atoms with Gasteiger partial charge in [0.2, 0.25) is 5.05 Å². The molecule has 1 aromatic heterocycles. The van der Waals surface area contributed by atoms with Gasteiger partial charge in [0.25, 0.3) is 0 Å². The number of para-hydroxylation sites is 1. The fourth-order valence-corrected chi connectivity index (χ4v) is 2.50. The Kier molecular flexibility index (Phi) is 3.80. The molecule has 0 aliphatic rings. The topological polar surface area (TPSA) is 31.6 Å². The predicted octanol–water partition coefficient (Wildman–Crippen LogP) is 4.72. The normalized spacial score (nSPS) is 12.5. The average Bonchev–Trinajstić information content (AvgIpc) is 2.87. The van der Waals surface area contributed by atoms with Crippen molar-refractivity contribution < 1.29 is 13.9 Å². The fraction of sp³-hybridized carbons (Fsp3) is 0.235. The second-order valence-electron chi connectivity index (χ2n) is 4.74. The molecular weight excluding hydrogens is 284 g/mol. The van der Waals surface area contributed by atoms with Crippen LogP contribution < -0.4 is 4.74 Å². The molecule has 0 fully saturated rings. The van der Waals surface area contributed by atoms with E-state index in [1.165, 1.54) is 0 Å². The average molecular weight is 300 g/mol. The predicted molar refractivity (Wildman–Crippen MR) is 88.0 cm³/mol. The van der Waals surface area contributed by atoms with Gasteiger partial charge in [0.05, 0.1) is 12.0 Å². The highest BCUT2D eigenvalue weighted by Gasteiger charge is 2.16. The van der Waals surface area contributed by atoms with Crippen molar-refractivity contribution in [2.75, 3.05) is 6.61 Å². The minimum Gasteiger partial charge on any atom is -0.484 e. The molecule has 0 bridgehead atoms. The summed E-state index contributed by atoms with van der Waals surface area (Å²) in [4.78, 5) is 0. The summed E-state index contributed by atoms with van der Waals surface area (Å²) >= 11 is 5.20. The molecular formula is C17H16O3S. The van der Waals surface area contributed by atoms with Gasteiger partial charge in [-0.1, -0.05) is 24.3 Å². The van der Waals surface area contributed by atoms with Crippen molar-refractivity contribution in [2.24, 2.45) is 0 Å². The quantitative estimate of drug-likeness (QED) is 0.653. The zero-order chi connectivity index (χ0) is 14.8. The Labute approximate surface area is 128 Å². The van der Waals surface area contributed by atoms with E-state index in [9.17, 15) is 0 Å². The van der Waals surface area contributed by atoms with Crippen molar-refractivity contribution >= 4 is 39.2 Å². The van der Waals surface area contributed by atoms with Crippen molar-refractivity contribution in [3.63, 3.8) is 0 Å². The lowest BCUT2D eigenvalue weighted by atomic mass is 10.1. The molecule has 1 unspecified atom stereocenters. The van der Waals surface area contributed by atoms with Gasteiger partial charge in [0.1, 0.15) is 16.9 Å². The molecule has 1 heterocycles. The molecule has 3 aromatic rings. The third-order valence-corrected chi connectivity index (χ3v) is 3.74. The molecule has 1 atom stereocenters. The van der Waals surface area contributed by atoms with Gasteiger partial charge in [-0.2, -0.15) is 0 Å². The molecule has 0 aliphatic heterocycles. The molecule has 0 radical (unpaired) electrons. The number of rotatable bonds is 4. The van der Waals surface area contributed by atoms with Crippen LogP contribution in [-0.2, 0) is 4.74 Å². The van der Waals surface area contributed by atoms with Gasteiger partial charge in [-0.25, -0.2) is 0 Å². The Morgan fingerprint density at radius 2 is 1.90 bits per heavy atom. The van der Waals surface area contributed by atoms with Gasteiger partial charge in [0, 0.05) is 5.39 Å². The summed E-state index contributed by atoms with van der Waals surface area (Å²) < 4.78 is 17.2. The Morgan fingerprint density at radius 3 is 2.71 bits per heavy atom. The van der Waals surface area contributed by atoms with E-state index in [1.807, 2.05) is 56.3 Å².